The van der Waals surface area contributed by atoms with Crippen LogP contribution in [-0.4, -0.2) is 43.6 Å². The first kappa shape index (κ1) is 18.7. The van der Waals surface area contributed by atoms with Crippen molar-refractivity contribution < 1.29 is 0 Å². The molecule has 1 saturated heterocycles. The minimum Gasteiger partial charge on any atom is -0.355 e. The Bertz CT molecular complexity index is 402. The Kier molecular flexibility index (Phi) is 9.26. The number of thiophene rings is 1. The van der Waals surface area contributed by atoms with Gasteiger partial charge in [0.2, 0.25) is 0 Å². The average Bonchev–Trinajstić information content (AvgIpc) is 3.15. The van der Waals surface area contributed by atoms with Crippen LogP contribution >= 0.6 is 35.3 Å². The summed E-state index contributed by atoms with van der Waals surface area (Å²) in [7, 11) is 1.83. The molecule has 0 bridgehead atoms. The van der Waals surface area contributed by atoms with Gasteiger partial charge in [-0.2, -0.15) is 0 Å². The second-order valence-corrected chi connectivity index (χ2v) is 6.22. The minimum atomic E-state index is 0. The lowest BCUT2D eigenvalue weighted by atomic mass is 10.2. The zero-order valence-corrected chi connectivity index (χ0v) is 16.1. The third-order valence-corrected chi connectivity index (χ3v) is 4.74. The fraction of sp³-hybridized carbons (Fsp3) is 0.667. The van der Waals surface area contributed by atoms with Crippen molar-refractivity contribution in [1.29, 1.82) is 0 Å². The Morgan fingerprint density at radius 2 is 2.14 bits per heavy atom. The van der Waals surface area contributed by atoms with Crippen molar-refractivity contribution in [3.8, 4) is 0 Å². The van der Waals surface area contributed by atoms with Gasteiger partial charge in [-0.15, -0.1) is 35.3 Å². The Balaban J connectivity index is 0.00000220. The fourth-order valence-electron chi connectivity index (χ4n) is 2.66. The summed E-state index contributed by atoms with van der Waals surface area (Å²) in [5.41, 5.74) is 0. The maximum absolute atomic E-state index is 4.30. The first-order valence-electron chi connectivity index (χ1n) is 7.54. The lowest BCUT2D eigenvalue weighted by Gasteiger charge is -2.27. The molecule has 120 valence electrons. The van der Waals surface area contributed by atoms with E-state index in [1.807, 2.05) is 7.05 Å². The molecule has 0 spiro atoms. The van der Waals surface area contributed by atoms with Crippen LogP contribution in [-0.2, 0) is 6.54 Å². The second-order valence-electron chi connectivity index (χ2n) is 5.19. The van der Waals surface area contributed by atoms with Gasteiger partial charge in [-0.1, -0.05) is 13.0 Å². The van der Waals surface area contributed by atoms with Crippen LogP contribution in [0.2, 0.25) is 0 Å². The van der Waals surface area contributed by atoms with E-state index in [0.29, 0.717) is 6.04 Å². The van der Waals surface area contributed by atoms with E-state index in [1.165, 1.54) is 37.2 Å². The normalized spacial score (nSPS) is 17.3. The van der Waals surface area contributed by atoms with Gasteiger partial charge in [-0.25, -0.2) is 0 Å². The number of hydrogen-bond acceptors (Lipinski definition) is 3. The fourth-order valence-corrected chi connectivity index (χ4v) is 3.30. The summed E-state index contributed by atoms with van der Waals surface area (Å²) >= 11 is 1.77. The lowest BCUT2D eigenvalue weighted by Crippen LogP contribution is -2.46. The van der Waals surface area contributed by atoms with Gasteiger partial charge >= 0.3 is 0 Å². The van der Waals surface area contributed by atoms with E-state index in [0.717, 1.165) is 19.0 Å². The summed E-state index contributed by atoms with van der Waals surface area (Å²) < 4.78 is 0. The van der Waals surface area contributed by atoms with E-state index in [9.17, 15) is 0 Å². The number of nitrogens with one attached hydrogen (secondary N) is 2. The molecule has 0 aliphatic carbocycles. The standard InChI is InChI=1S/C15H26N4S.HI/c1-3-13(19-8-4-5-9-19)11-17-15(16-2)18-12-14-7-6-10-20-14;/h6-7,10,13H,3-5,8-9,11-12H2,1-2H3,(H2,16,17,18);1H. The molecule has 2 N–H and O–H groups in total. The van der Waals surface area contributed by atoms with Crippen molar-refractivity contribution in [3.63, 3.8) is 0 Å². The molecule has 2 rings (SSSR count). The van der Waals surface area contributed by atoms with Gasteiger partial charge in [-0.05, 0) is 43.8 Å². The summed E-state index contributed by atoms with van der Waals surface area (Å²) in [5, 5.41) is 8.94. The molecular weight excluding hydrogens is 395 g/mol. The quantitative estimate of drug-likeness (QED) is 0.421. The molecule has 1 atom stereocenters. The van der Waals surface area contributed by atoms with Gasteiger partial charge in [0.05, 0.1) is 6.54 Å². The molecule has 1 aliphatic heterocycles. The first-order chi connectivity index (χ1) is 9.83. The predicted octanol–water partition coefficient (Wildman–Crippen LogP) is 2.91. The zero-order valence-electron chi connectivity index (χ0n) is 13.0. The number of nitrogens with zero attached hydrogens (tertiary/aromatic N) is 2. The first-order valence-corrected chi connectivity index (χ1v) is 8.42. The summed E-state index contributed by atoms with van der Waals surface area (Å²) in [4.78, 5) is 8.23. The Morgan fingerprint density at radius 3 is 2.71 bits per heavy atom. The molecule has 0 aromatic carbocycles. The third kappa shape index (κ3) is 6.12. The van der Waals surface area contributed by atoms with Crippen molar-refractivity contribution in [3.05, 3.63) is 22.4 Å². The maximum Gasteiger partial charge on any atom is 0.191 e. The van der Waals surface area contributed by atoms with Gasteiger partial charge in [-0.3, -0.25) is 9.89 Å². The Hall–Kier alpha value is -0.340. The van der Waals surface area contributed by atoms with Crippen LogP contribution in [0.4, 0.5) is 0 Å². The predicted molar refractivity (Wildman–Crippen MR) is 103 cm³/mol. The second kappa shape index (κ2) is 10.4. The number of likely N-dealkylation sites (tertiary alicyclic amines) is 1. The van der Waals surface area contributed by atoms with Crippen LogP contribution in [0.25, 0.3) is 0 Å². The third-order valence-electron chi connectivity index (χ3n) is 3.87. The minimum absolute atomic E-state index is 0. The molecule has 1 aliphatic rings. The van der Waals surface area contributed by atoms with Crippen LogP contribution in [0.3, 0.4) is 0 Å². The molecule has 2 heterocycles. The van der Waals surface area contributed by atoms with Gasteiger partial charge < -0.3 is 10.6 Å². The van der Waals surface area contributed by atoms with Gasteiger partial charge in [0, 0.05) is 24.5 Å². The summed E-state index contributed by atoms with van der Waals surface area (Å²) in [5.74, 6) is 0.899. The highest BCUT2D eigenvalue weighted by atomic mass is 127. The number of guanidine groups is 1. The number of aliphatic imine (C=N–C) groups is 1. The molecule has 0 amide bonds. The molecule has 21 heavy (non-hydrogen) atoms. The van der Waals surface area contributed by atoms with Crippen molar-refractivity contribution in [2.45, 2.75) is 38.8 Å². The molecule has 0 saturated carbocycles. The van der Waals surface area contributed by atoms with Crippen molar-refractivity contribution in [2.75, 3.05) is 26.7 Å². The largest absolute Gasteiger partial charge is 0.355 e. The number of hydrogen-bond donors (Lipinski definition) is 2. The molecule has 4 nitrogen and oxygen atoms in total. The molecule has 1 fully saturated rings. The van der Waals surface area contributed by atoms with Crippen molar-refractivity contribution in [2.24, 2.45) is 4.99 Å². The van der Waals surface area contributed by atoms with Crippen LogP contribution in [0, 0.1) is 0 Å². The van der Waals surface area contributed by atoms with E-state index >= 15 is 0 Å². The number of rotatable bonds is 6. The zero-order chi connectivity index (χ0) is 14.2. The van der Waals surface area contributed by atoms with Crippen LogP contribution < -0.4 is 10.6 Å². The van der Waals surface area contributed by atoms with Crippen LogP contribution in [0.5, 0.6) is 0 Å². The Morgan fingerprint density at radius 1 is 1.38 bits per heavy atom. The molecule has 0 radical (unpaired) electrons. The smallest absolute Gasteiger partial charge is 0.191 e. The van der Waals surface area contributed by atoms with Crippen molar-refractivity contribution >= 4 is 41.3 Å². The van der Waals surface area contributed by atoms with Crippen LogP contribution in [0.1, 0.15) is 31.1 Å². The van der Waals surface area contributed by atoms with E-state index in [4.69, 9.17) is 0 Å². The highest BCUT2D eigenvalue weighted by molar-refractivity contribution is 14.0. The molecule has 1 aromatic heterocycles. The SMILES string of the molecule is CCC(CNC(=NC)NCc1cccs1)N1CCCC1.I. The summed E-state index contributed by atoms with van der Waals surface area (Å²) in [6.45, 7) is 6.59. The molecular formula is C15H27IN4S. The Labute approximate surface area is 149 Å². The summed E-state index contributed by atoms with van der Waals surface area (Å²) in [6, 6.07) is 4.85. The van der Waals surface area contributed by atoms with E-state index in [1.54, 1.807) is 11.3 Å². The van der Waals surface area contributed by atoms with Gasteiger partial charge in [0.1, 0.15) is 0 Å². The maximum atomic E-state index is 4.30. The van der Waals surface area contributed by atoms with E-state index in [2.05, 4.69) is 45.0 Å². The van der Waals surface area contributed by atoms with Crippen molar-refractivity contribution in [1.82, 2.24) is 15.5 Å². The van der Waals surface area contributed by atoms with E-state index < -0.39 is 0 Å². The highest BCUT2D eigenvalue weighted by Gasteiger charge is 2.20. The molecule has 6 heteroatoms. The molecule has 1 unspecified atom stereocenters. The number of halogens is 1. The average molecular weight is 422 g/mol. The highest BCUT2D eigenvalue weighted by Crippen LogP contribution is 2.13. The van der Waals surface area contributed by atoms with E-state index in [-0.39, 0.29) is 24.0 Å². The van der Waals surface area contributed by atoms with Gasteiger partial charge in [0.25, 0.3) is 0 Å². The van der Waals surface area contributed by atoms with Gasteiger partial charge in [0.15, 0.2) is 5.96 Å². The lowest BCUT2D eigenvalue weighted by molar-refractivity contribution is 0.236. The monoisotopic (exact) mass is 422 g/mol. The summed E-state index contributed by atoms with van der Waals surface area (Å²) in [6.07, 6.45) is 3.89. The molecule has 1 aromatic rings. The topological polar surface area (TPSA) is 39.7 Å². The van der Waals surface area contributed by atoms with Crippen LogP contribution in [0.15, 0.2) is 22.5 Å².